The van der Waals surface area contributed by atoms with Crippen LogP contribution in [0.1, 0.15) is 6.42 Å². The van der Waals surface area contributed by atoms with Crippen molar-refractivity contribution in [2.24, 2.45) is 32.5 Å². The number of hydrogen-bond acceptors (Lipinski definition) is 4. The van der Waals surface area contributed by atoms with Gasteiger partial charge in [0.1, 0.15) is 0 Å². The second-order valence-corrected chi connectivity index (χ2v) is 11.1. The Hall–Kier alpha value is -2.84. The molecule has 158 valence electrons. The van der Waals surface area contributed by atoms with Crippen molar-refractivity contribution in [3.63, 3.8) is 0 Å². The predicted octanol–water partition coefficient (Wildman–Crippen LogP) is 3.65. The molecule has 0 amide bonds. The normalized spacial score (nSPS) is 29.5. The lowest BCUT2D eigenvalue weighted by Gasteiger charge is -2.31. The van der Waals surface area contributed by atoms with Crippen molar-refractivity contribution in [1.82, 2.24) is 0 Å². The lowest BCUT2D eigenvalue weighted by atomic mass is 9.74. The quantitative estimate of drug-likeness (QED) is 0.662. The van der Waals surface area contributed by atoms with E-state index < -0.39 is 20.0 Å². The van der Waals surface area contributed by atoms with Crippen LogP contribution in [0.4, 0.5) is 0 Å². The van der Waals surface area contributed by atoms with Gasteiger partial charge in [0.15, 0.2) is 0 Å². The lowest BCUT2D eigenvalue weighted by Crippen LogP contribution is -2.36. The Bertz CT molecular complexity index is 1240. The standard InChI is InChI=1S/C23H20N2O4S2/c26-30(27,18-7-3-1-4-8-18)24-20-13-14-21(23-17-12-11-16(15-17)22(20)23)25-31(28,29)19-9-5-2-6-10-19/h1-14,16-17,22-23H,15H2. The van der Waals surface area contributed by atoms with Gasteiger partial charge in [-0.2, -0.15) is 25.6 Å². The van der Waals surface area contributed by atoms with Crippen LogP contribution in [-0.4, -0.2) is 28.3 Å². The molecular formula is C23H20N2O4S2. The van der Waals surface area contributed by atoms with Crippen molar-refractivity contribution in [2.45, 2.75) is 16.2 Å². The summed E-state index contributed by atoms with van der Waals surface area (Å²) in [6, 6.07) is 16.2. The van der Waals surface area contributed by atoms with E-state index in [0.717, 1.165) is 6.42 Å². The van der Waals surface area contributed by atoms with E-state index in [1.807, 2.05) is 0 Å². The lowest BCUT2D eigenvalue weighted by molar-refractivity contribution is 0.501. The first-order valence-corrected chi connectivity index (χ1v) is 12.9. The van der Waals surface area contributed by atoms with E-state index >= 15 is 0 Å². The first-order chi connectivity index (χ1) is 14.9. The van der Waals surface area contributed by atoms with Gasteiger partial charge in [0.05, 0.1) is 21.2 Å². The second kappa shape index (κ2) is 7.39. The van der Waals surface area contributed by atoms with Crippen LogP contribution in [-0.2, 0) is 20.0 Å². The molecule has 31 heavy (non-hydrogen) atoms. The monoisotopic (exact) mass is 452 g/mol. The number of benzene rings is 2. The highest BCUT2D eigenvalue weighted by Crippen LogP contribution is 2.51. The summed E-state index contributed by atoms with van der Waals surface area (Å²) in [7, 11) is -7.71. The van der Waals surface area contributed by atoms with Gasteiger partial charge in [-0.3, -0.25) is 0 Å². The maximum atomic E-state index is 12.8. The average Bonchev–Trinajstić information content (AvgIpc) is 3.39. The molecule has 1 fully saturated rings. The molecule has 0 aromatic heterocycles. The number of rotatable bonds is 4. The van der Waals surface area contributed by atoms with Crippen LogP contribution >= 0.6 is 0 Å². The molecular weight excluding hydrogens is 432 g/mol. The number of sulfonamides is 2. The zero-order valence-electron chi connectivity index (χ0n) is 16.4. The molecule has 0 N–H and O–H groups in total. The molecule has 0 saturated heterocycles. The Kier molecular flexibility index (Phi) is 4.79. The molecule has 6 nitrogen and oxygen atoms in total. The van der Waals surface area contributed by atoms with Crippen molar-refractivity contribution >= 4 is 31.5 Å². The van der Waals surface area contributed by atoms with E-state index in [1.54, 1.807) is 48.6 Å². The van der Waals surface area contributed by atoms with Crippen LogP contribution in [0.5, 0.6) is 0 Å². The van der Waals surface area contributed by atoms with Gasteiger partial charge in [0.25, 0.3) is 20.0 Å². The summed E-state index contributed by atoms with van der Waals surface area (Å²) in [6.07, 6.45) is 8.22. The topological polar surface area (TPSA) is 93.0 Å². The van der Waals surface area contributed by atoms with Crippen LogP contribution in [0.3, 0.4) is 0 Å². The molecule has 0 radical (unpaired) electrons. The molecule has 4 unspecified atom stereocenters. The van der Waals surface area contributed by atoms with Crippen LogP contribution in [0, 0.1) is 23.7 Å². The van der Waals surface area contributed by atoms with Gasteiger partial charge in [0.2, 0.25) is 0 Å². The van der Waals surface area contributed by atoms with Gasteiger partial charge in [-0.25, -0.2) is 0 Å². The predicted molar refractivity (Wildman–Crippen MR) is 119 cm³/mol. The molecule has 3 aliphatic rings. The Morgan fingerprint density at radius 1 is 0.613 bits per heavy atom. The summed E-state index contributed by atoms with van der Waals surface area (Å²) in [5, 5.41) is 0. The number of nitrogens with zero attached hydrogens (tertiary/aromatic N) is 2. The zero-order chi connectivity index (χ0) is 21.6. The highest BCUT2D eigenvalue weighted by atomic mass is 32.2. The third kappa shape index (κ3) is 3.59. The van der Waals surface area contributed by atoms with E-state index in [4.69, 9.17) is 0 Å². The molecule has 5 rings (SSSR count). The molecule has 3 aliphatic carbocycles. The third-order valence-electron chi connectivity index (χ3n) is 6.10. The summed E-state index contributed by atoms with van der Waals surface area (Å²) in [5.74, 6) is -0.171. The molecule has 2 aromatic rings. The van der Waals surface area contributed by atoms with Crippen molar-refractivity contribution in [2.75, 3.05) is 0 Å². The molecule has 0 heterocycles. The fourth-order valence-corrected chi connectivity index (χ4v) is 6.91. The highest BCUT2D eigenvalue weighted by molar-refractivity contribution is 7.90. The molecule has 2 bridgehead atoms. The fourth-order valence-electron chi connectivity index (χ4n) is 4.77. The van der Waals surface area contributed by atoms with Crippen molar-refractivity contribution in [3.8, 4) is 0 Å². The first-order valence-electron chi connectivity index (χ1n) is 10.0. The Morgan fingerprint density at radius 2 is 1.00 bits per heavy atom. The van der Waals surface area contributed by atoms with E-state index in [1.165, 1.54) is 24.3 Å². The summed E-state index contributed by atoms with van der Waals surface area (Å²) < 4.78 is 59.6. The maximum Gasteiger partial charge on any atom is 0.282 e. The zero-order valence-corrected chi connectivity index (χ0v) is 18.1. The minimum Gasteiger partial charge on any atom is -0.199 e. The van der Waals surface area contributed by atoms with Gasteiger partial charge in [0, 0.05) is 11.8 Å². The van der Waals surface area contributed by atoms with Gasteiger partial charge >= 0.3 is 0 Å². The van der Waals surface area contributed by atoms with Gasteiger partial charge in [-0.15, -0.1) is 0 Å². The second-order valence-electron chi connectivity index (χ2n) is 7.94. The van der Waals surface area contributed by atoms with E-state index in [2.05, 4.69) is 20.9 Å². The Labute approximate surface area is 181 Å². The number of hydrogen-bond donors (Lipinski definition) is 0. The highest BCUT2D eigenvalue weighted by Gasteiger charge is 2.50. The molecule has 1 saturated carbocycles. The largest absolute Gasteiger partial charge is 0.282 e. The first kappa shape index (κ1) is 20.1. The number of fused-ring (bicyclic) bond motifs is 5. The van der Waals surface area contributed by atoms with Crippen LogP contribution < -0.4 is 0 Å². The summed E-state index contributed by atoms with van der Waals surface area (Å²) in [6.45, 7) is 0. The maximum absolute atomic E-state index is 12.8. The van der Waals surface area contributed by atoms with Gasteiger partial charge in [-0.1, -0.05) is 48.6 Å². The molecule has 0 spiro atoms. The van der Waals surface area contributed by atoms with Crippen LogP contribution in [0.25, 0.3) is 0 Å². The summed E-state index contributed by atoms with van der Waals surface area (Å²) >= 11 is 0. The summed E-state index contributed by atoms with van der Waals surface area (Å²) in [5.41, 5.74) is 0.920. The molecule has 8 heteroatoms. The van der Waals surface area contributed by atoms with Crippen molar-refractivity contribution in [1.29, 1.82) is 0 Å². The van der Waals surface area contributed by atoms with Crippen molar-refractivity contribution in [3.05, 3.63) is 85.0 Å². The van der Waals surface area contributed by atoms with Crippen molar-refractivity contribution < 1.29 is 16.8 Å². The third-order valence-corrected chi connectivity index (χ3v) is 8.74. The minimum absolute atomic E-state index is 0.120. The van der Waals surface area contributed by atoms with E-state index in [-0.39, 0.29) is 33.5 Å². The number of allylic oxidation sites excluding steroid dienone is 4. The van der Waals surface area contributed by atoms with Gasteiger partial charge < -0.3 is 0 Å². The smallest absolute Gasteiger partial charge is 0.199 e. The minimum atomic E-state index is -3.86. The summed E-state index contributed by atoms with van der Waals surface area (Å²) in [4.78, 5) is 0.273. The molecule has 0 aliphatic heterocycles. The molecule has 4 atom stereocenters. The van der Waals surface area contributed by atoms with E-state index in [0.29, 0.717) is 11.4 Å². The van der Waals surface area contributed by atoms with Crippen LogP contribution in [0.15, 0.2) is 104 Å². The van der Waals surface area contributed by atoms with Gasteiger partial charge in [-0.05, 0) is 54.7 Å². The Balaban J connectivity index is 1.58. The average molecular weight is 453 g/mol. The Morgan fingerprint density at radius 3 is 1.39 bits per heavy atom. The van der Waals surface area contributed by atoms with E-state index in [9.17, 15) is 16.8 Å². The fraction of sp³-hybridized carbons (Fsp3) is 0.217. The SMILES string of the molecule is O=S(=O)(N=C1C=CC(=NS(=O)(=O)c2ccccc2)C2C3C=CC(C3)C12)c1ccccc1. The molecule has 2 aromatic carbocycles. The van der Waals surface area contributed by atoms with Crippen LogP contribution in [0.2, 0.25) is 0 Å².